The van der Waals surface area contributed by atoms with Crippen LogP contribution in [-0.4, -0.2) is 38.0 Å². The Labute approximate surface area is 140 Å². The molecule has 5 heteroatoms. The summed E-state index contributed by atoms with van der Waals surface area (Å²) in [6.45, 7) is 6.41. The number of allylic oxidation sites excluding steroid dienone is 1. The highest BCUT2D eigenvalue weighted by Gasteiger charge is 2.25. The van der Waals surface area contributed by atoms with Gasteiger partial charge in [-0.25, -0.2) is 0 Å². The van der Waals surface area contributed by atoms with Crippen molar-refractivity contribution in [2.24, 2.45) is 5.92 Å². The highest BCUT2D eigenvalue weighted by atomic mass is 16.2. The third kappa shape index (κ3) is 9.39. The zero-order valence-corrected chi connectivity index (χ0v) is 14.4. The van der Waals surface area contributed by atoms with Crippen LogP contribution in [0, 0.1) is 5.92 Å². The van der Waals surface area contributed by atoms with Crippen LogP contribution in [-0.2, 0) is 9.59 Å². The molecule has 0 aromatic heterocycles. The van der Waals surface area contributed by atoms with E-state index < -0.39 is 5.92 Å². The SMILES string of the molecule is C=CCCCCCCCCCC1C(=O)NCCNCCNC1=O. The van der Waals surface area contributed by atoms with Crippen LogP contribution in [0.3, 0.4) is 0 Å². The average Bonchev–Trinajstić information content (AvgIpc) is 2.55. The van der Waals surface area contributed by atoms with Crippen LogP contribution in [0.4, 0.5) is 0 Å². The summed E-state index contributed by atoms with van der Waals surface area (Å²) < 4.78 is 0. The van der Waals surface area contributed by atoms with Crippen molar-refractivity contribution in [3.05, 3.63) is 12.7 Å². The molecule has 1 heterocycles. The van der Waals surface area contributed by atoms with Gasteiger partial charge in [-0.15, -0.1) is 6.58 Å². The molecule has 0 radical (unpaired) electrons. The lowest BCUT2D eigenvalue weighted by molar-refractivity contribution is -0.135. The molecular formula is C18H33N3O2. The molecule has 1 rings (SSSR count). The first-order valence-electron chi connectivity index (χ1n) is 9.12. The van der Waals surface area contributed by atoms with Gasteiger partial charge >= 0.3 is 0 Å². The standard InChI is InChI=1S/C18H33N3O2/c1-2-3-4-5-6-7-8-9-10-11-16-17(22)20-14-12-19-13-15-21-18(16)23/h2,16,19H,1,3-15H2,(H,20,22)(H,21,23). The van der Waals surface area contributed by atoms with Gasteiger partial charge in [0.15, 0.2) is 0 Å². The van der Waals surface area contributed by atoms with Gasteiger partial charge in [-0.2, -0.15) is 0 Å². The zero-order chi connectivity index (χ0) is 16.8. The molecule has 132 valence electrons. The van der Waals surface area contributed by atoms with E-state index in [1.54, 1.807) is 0 Å². The van der Waals surface area contributed by atoms with Gasteiger partial charge in [0.1, 0.15) is 5.92 Å². The Balaban J connectivity index is 2.17. The van der Waals surface area contributed by atoms with E-state index in [-0.39, 0.29) is 11.8 Å². The van der Waals surface area contributed by atoms with E-state index in [1.165, 1.54) is 32.1 Å². The van der Waals surface area contributed by atoms with E-state index in [2.05, 4.69) is 22.5 Å². The monoisotopic (exact) mass is 323 g/mol. The highest BCUT2D eigenvalue weighted by molar-refractivity contribution is 6.00. The van der Waals surface area contributed by atoms with Crippen molar-refractivity contribution >= 4 is 11.8 Å². The normalized spacial score (nSPS) is 17.4. The predicted octanol–water partition coefficient (Wildman–Crippen LogP) is 2.14. The molecule has 0 aromatic carbocycles. The topological polar surface area (TPSA) is 70.2 Å². The number of nitrogens with one attached hydrogen (secondary N) is 3. The molecule has 0 spiro atoms. The second-order valence-electron chi connectivity index (χ2n) is 6.23. The maximum atomic E-state index is 12.1. The number of unbranched alkanes of at least 4 members (excludes halogenated alkanes) is 7. The van der Waals surface area contributed by atoms with Gasteiger partial charge < -0.3 is 16.0 Å². The number of amides is 2. The van der Waals surface area contributed by atoms with Crippen molar-refractivity contribution < 1.29 is 9.59 Å². The summed E-state index contributed by atoms with van der Waals surface area (Å²) in [7, 11) is 0. The molecule has 0 saturated carbocycles. The fourth-order valence-corrected chi connectivity index (χ4v) is 2.82. The van der Waals surface area contributed by atoms with Crippen LogP contribution in [0.15, 0.2) is 12.7 Å². The first-order valence-corrected chi connectivity index (χ1v) is 9.12. The lowest BCUT2D eigenvalue weighted by atomic mass is 9.98. The van der Waals surface area contributed by atoms with Gasteiger partial charge in [-0.1, -0.05) is 44.6 Å². The second kappa shape index (κ2) is 13.1. The molecule has 2 amide bonds. The number of hydrogen-bond acceptors (Lipinski definition) is 3. The lowest BCUT2D eigenvalue weighted by Gasteiger charge is -2.19. The Kier molecular flexibility index (Phi) is 11.2. The molecule has 1 aliphatic rings. The van der Waals surface area contributed by atoms with E-state index in [9.17, 15) is 9.59 Å². The fourth-order valence-electron chi connectivity index (χ4n) is 2.82. The minimum absolute atomic E-state index is 0.129. The first-order chi connectivity index (χ1) is 11.3. The van der Waals surface area contributed by atoms with E-state index in [0.717, 1.165) is 32.4 Å². The lowest BCUT2D eigenvalue weighted by Crippen LogP contribution is -2.47. The Morgan fingerprint density at radius 3 is 1.91 bits per heavy atom. The van der Waals surface area contributed by atoms with Crippen molar-refractivity contribution in [3.63, 3.8) is 0 Å². The van der Waals surface area contributed by atoms with E-state index >= 15 is 0 Å². The molecule has 0 aliphatic carbocycles. The van der Waals surface area contributed by atoms with Crippen molar-refractivity contribution in [2.45, 2.75) is 57.8 Å². The molecule has 0 unspecified atom stereocenters. The molecule has 0 aromatic rings. The van der Waals surface area contributed by atoms with Crippen LogP contribution < -0.4 is 16.0 Å². The fraction of sp³-hybridized carbons (Fsp3) is 0.778. The molecule has 1 aliphatic heterocycles. The predicted molar refractivity (Wildman–Crippen MR) is 94.1 cm³/mol. The highest BCUT2D eigenvalue weighted by Crippen LogP contribution is 2.14. The summed E-state index contributed by atoms with van der Waals surface area (Å²) in [6.07, 6.45) is 12.0. The van der Waals surface area contributed by atoms with Crippen LogP contribution in [0.1, 0.15) is 57.8 Å². The molecule has 23 heavy (non-hydrogen) atoms. The molecule has 3 N–H and O–H groups in total. The minimum Gasteiger partial charge on any atom is -0.354 e. The molecule has 5 nitrogen and oxygen atoms in total. The smallest absolute Gasteiger partial charge is 0.232 e. The van der Waals surface area contributed by atoms with Crippen LogP contribution >= 0.6 is 0 Å². The quantitative estimate of drug-likeness (QED) is 0.328. The van der Waals surface area contributed by atoms with Crippen LogP contribution in [0.2, 0.25) is 0 Å². The summed E-state index contributed by atoms with van der Waals surface area (Å²) in [6, 6.07) is 0. The third-order valence-corrected chi connectivity index (χ3v) is 4.24. The van der Waals surface area contributed by atoms with Crippen LogP contribution in [0.25, 0.3) is 0 Å². The van der Waals surface area contributed by atoms with E-state index in [4.69, 9.17) is 0 Å². The van der Waals surface area contributed by atoms with Gasteiger partial charge in [0.25, 0.3) is 0 Å². The van der Waals surface area contributed by atoms with Gasteiger partial charge in [0, 0.05) is 26.2 Å². The first kappa shape index (κ1) is 19.7. The number of carbonyl (C=O) groups is 2. The minimum atomic E-state index is -0.527. The van der Waals surface area contributed by atoms with Crippen LogP contribution in [0.5, 0.6) is 0 Å². The van der Waals surface area contributed by atoms with E-state index in [0.29, 0.717) is 19.5 Å². The molecular weight excluding hydrogens is 290 g/mol. The summed E-state index contributed by atoms with van der Waals surface area (Å²) >= 11 is 0. The summed E-state index contributed by atoms with van der Waals surface area (Å²) in [5.41, 5.74) is 0. The van der Waals surface area contributed by atoms with Crippen molar-refractivity contribution in [3.8, 4) is 0 Å². The van der Waals surface area contributed by atoms with Crippen molar-refractivity contribution in [2.75, 3.05) is 26.2 Å². The molecule has 1 fully saturated rings. The maximum Gasteiger partial charge on any atom is 0.232 e. The zero-order valence-electron chi connectivity index (χ0n) is 14.4. The number of rotatable bonds is 10. The molecule has 0 atom stereocenters. The third-order valence-electron chi connectivity index (χ3n) is 4.24. The van der Waals surface area contributed by atoms with Gasteiger partial charge in [0.05, 0.1) is 0 Å². The number of carbonyl (C=O) groups excluding carboxylic acids is 2. The largest absolute Gasteiger partial charge is 0.354 e. The Bertz CT molecular complexity index is 338. The Morgan fingerprint density at radius 1 is 0.826 bits per heavy atom. The van der Waals surface area contributed by atoms with Gasteiger partial charge in [0.2, 0.25) is 11.8 Å². The van der Waals surface area contributed by atoms with Gasteiger partial charge in [-0.05, 0) is 19.3 Å². The van der Waals surface area contributed by atoms with E-state index in [1.807, 2.05) is 6.08 Å². The Hall–Kier alpha value is -1.36. The number of hydrogen-bond donors (Lipinski definition) is 3. The Morgan fingerprint density at radius 2 is 1.35 bits per heavy atom. The summed E-state index contributed by atoms with van der Waals surface area (Å²) in [5.74, 6) is -0.785. The maximum absolute atomic E-state index is 12.1. The summed E-state index contributed by atoms with van der Waals surface area (Å²) in [4.78, 5) is 24.2. The summed E-state index contributed by atoms with van der Waals surface area (Å²) in [5, 5.41) is 8.85. The molecule has 0 bridgehead atoms. The van der Waals surface area contributed by atoms with Crippen molar-refractivity contribution in [1.29, 1.82) is 0 Å². The average molecular weight is 323 g/mol. The van der Waals surface area contributed by atoms with Gasteiger partial charge in [-0.3, -0.25) is 9.59 Å². The molecule has 1 saturated heterocycles. The second-order valence-corrected chi connectivity index (χ2v) is 6.23. The van der Waals surface area contributed by atoms with Crippen molar-refractivity contribution in [1.82, 2.24) is 16.0 Å².